The van der Waals surface area contributed by atoms with E-state index in [9.17, 15) is 22.0 Å². The molecule has 0 saturated carbocycles. The van der Waals surface area contributed by atoms with Crippen LogP contribution in [0.2, 0.25) is 0 Å². The third-order valence-corrected chi connectivity index (χ3v) is 3.49. The second-order valence-electron chi connectivity index (χ2n) is 5.21. The summed E-state index contributed by atoms with van der Waals surface area (Å²) in [5.41, 5.74) is -0.498. The number of hydrogen-bond donors (Lipinski definition) is 1. The first-order chi connectivity index (χ1) is 9.78. The number of nitrogens with one attached hydrogen (secondary N) is 1. The molecule has 0 spiro atoms. The van der Waals surface area contributed by atoms with Crippen LogP contribution in [-0.2, 0) is 12.7 Å². The van der Waals surface area contributed by atoms with Crippen molar-refractivity contribution in [1.82, 2.24) is 10.2 Å². The molecule has 0 aliphatic carbocycles. The smallest absolute Gasteiger partial charge is 0.311 e. The van der Waals surface area contributed by atoms with Crippen molar-refractivity contribution in [3.8, 4) is 0 Å². The van der Waals surface area contributed by atoms with Gasteiger partial charge < -0.3 is 5.32 Å². The molecule has 0 radical (unpaired) electrons. The zero-order chi connectivity index (χ0) is 15.5. The third-order valence-electron chi connectivity index (χ3n) is 3.49. The first kappa shape index (κ1) is 16.2. The summed E-state index contributed by atoms with van der Waals surface area (Å²) in [5, 5.41) is 2.88. The van der Waals surface area contributed by atoms with E-state index in [0.717, 1.165) is 6.07 Å². The monoisotopic (exact) mass is 308 g/mol. The molecule has 0 atom stereocenters. The average Bonchev–Trinajstić information content (AvgIpc) is 2.74. The Bertz CT molecular complexity index is 473. The van der Waals surface area contributed by atoms with Crippen molar-refractivity contribution >= 4 is 0 Å². The predicted octanol–water partition coefficient (Wildman–Crippen LogP) is 3.14. The van der Waals surface area contributed by atoms with Gasteiger partial charge in [0, 0.05) is 32.6 Å². The van der Waals surface area contributed by atoms with Gasteiger partial charge in [0.2, 0.25) is 0 Å². The Kier molecular flexibility index (Phi) is 4.83. The van der Waals surface area contributed by atoms with E-state index in [1.54, 1.807) is 11.0 Å². The molecule has 0 amide bonds. The van der Waals surface area contributed by atoms with Gasteiger partial charge in [-0.05, 0) is 11.6 Å². The van der Waals surface area contributed by atoms with Gasteiger partial charge in [-0.3, -0.25) is 4.90 Å². The van der Waals surface area contributed by atoms with E-state index in [2.05, 4.69) is 5.32 Å². The number of alkyl halides is 5. The second-order valence-corrected chi connectivity index (χ2v) is 5.21. The van der Waals surface area contributed by atoms with E-state index >= 15 is 0 Å². The molecule has 1 aliphatic rings. The summed E-state index contributed by atoms with van der Waals surface area (Å²) in [6.45, 7) is 0.910. The lowest BCUT2D eigenvalue weighted by molar-refractivity contribution is -0.138. The van der Waals surface area contributed by atoms with Crippen molar-refractivity contribution in [2.24, 2.45) is 0 Å². The maximum atomic E-state index is 13.0. The van der Waals surface area contributed by atoms with Gasteiger partial charge in [0.15, 0.2) is 0 Å². The van der Waals surface area contributed by atoms with Crippen molar-refractivity contribution in [3.63, 3.8) is 0 Å². The average molecular weight is 308 g/mol. The highest BCUT2D eigenvalue weighted by molar-refractivity contribution is 5.29. The number of benzene rings is 1. The van der Waals surface area contributed by atoms with Gasteiger partial charge >= 0.3 is 6.18 Å². The van der Waals surface area contributed by atoms with Crippen LogP contribution in [0.5, 0.6) is 0 Å². The third kappa shape index (κ3) is 4.64. The highest BCUT2D eigenvalue weighted by atomic mass is 19.4. The van der Waals surface area contributed by atoms with Crippen molar-refractivity contribution in [2.75, 3.05) is 26.2 Å². The summed E-state index contributed by atoms with van der Waals surface area (Å²) >= 11 is 0. The number of halogens is 5. The fourth-order valence-corrected chi connectivity index (χ4v) is 2.41. The fraction of sp³-hybridized carbons (Fsp3) is 0.571. The Morgan fingerprint density at radius 3 is 2.52 bits per heavy atom. The molecule has 2 nitrogen and oxygen atoms in total. The minimum atomic E-state index is -4.38. The minimum absolute atomic E-state index is 0.0694. The minimum Gasteiger partial charge on any atom is -0.311 e. The van der Waals surface area contributed by atoms with Crippen molar-refractivity contribution in [3.05, 3.63) is 35.4 Å². The van der Waals surface area contributed by atoms with Crippen LogP contribution in [0.1, 0.15) is 17.5 Å². The summed E-state index contributed by atoms with van der Waals surface area (Å²) in [7, 11) is 0. The lowest BCUT2D eigenvalue weighted by Crippen LogP contribution is -2.32. The van der Waals surface area contributed by atoms with Gasteiger partial charge in [0.1, 0.15) is 0 Å². The van der Waals surface area contributed by atoms with Crippen molar-refractivity contribution < 1.29 is 22.0 Å². The zero-order valence-corrected chi connectivity index (χ0v) is 11.4. The Morgan fingerprint density at radius 2 is 1.90 bits per heavy atom. The molecule has 21 heavy (non-hydrogen) atoms. The maximum absolute atomic E-state index is 13.0. The summed E-state index contributed by atoms with van der Waals surface area (Å²) in [6.07, 6.45) is -4.53. The van der Waals surface area contributed by atoms with Crippen LogP contribution < -0.4 is 5.32 Å². The number of rotatable bonds is 5. The van der Waals surface area contributed by atoms with Crippen LogP contribution in [0, 0.1) is 0 Å². The molecule has 1 saturated heterocycles. The Balaban J connectivity index is 1.79. The van der Waals surface area contributed by atoms with Crippen LogP contribution in [0.4, 0.5) is 22.0 Å². The van der Waals surface area contributed by atoms with E-state index in [0.29, 0.717) is 19.6 Å². The lowest BCUT2D eigenvalue weighted by Gasteiger charge is -2.17. The molecule has 7 heteroatoms. The second kappa shape index (κ2) is 6.27. The summed E-state index contributed by atoms with van der Waals surface area (Å²) in [6, 6.07) is 5.35. The number of hydrogen-bond acceptors (Lipinski definition) is 2. The molecular formula is C14H17F5N2. The lowest BCUT2D eigenvalue weighted by atomic mass is 10.1. The van der Waals surface area contributed by atoms with Gasteiger partial charge in [-0.2, -0.15) is 13.2 Å². The maximum Gasteiger partial charge on any atom is 0.416 e. The first-order valence-corrected chi connectivity index (χ1v) is 6.74. The SMILES string of the molecule is FC1(F)CCN(CCNCc2ccccc2C(F)(F)F)C1. The highest BCUT2D eigenvalue weighted by Crippen LogP contribution is 2.31. The molecule has 1 N–H and O–H groups in total. The molecule has 1 aromatic rings. The molecular weight excluding hydrogens is 291 g/mol. The highest BCUT2D eigenvalue weighted by Gasteiger charge is 2.37. The summed E-state index contributed by atoms with van der Waals surface area (Å²) in [4.78, 5) is 1.61. The molecule has 1 aromatic carbocycles. The molecule has 2 rings (SSSR count). The topological polar surface area (TPSA) is 15.3 Å². The normalized spacial score (nSPS) is 19.1. The van der Waals surface area contributed by atoms with Gasteiger partial charge in [-0.25, -0.2) is 8.78 Å². The fourth-order valence-electron chi connectivity index (χ4n) is 2.41. The Morgan fingerprint density at radius 1 is 1.19 bits per heavy atom. The van der Waals surface area contributed by atoms with E-state index < -0.39 is 17.7 Å². The molecule has 1 fully saturated rings. The Hall–Kier alpha value is -1.21. The predicted molar refractivity (Wildman–Crippen MR) is 69.2 cm³/mol. The summed E-state index contributed by atoms with van der Waals surface area (Å²) in [5.74, 6) is -2.64. The van der Waals surface area contributed by atoms with Crippen LogP contribution in [-0.4, -0.2) is 37.0 Å². The van der Waals surface area contributed by atoms with Crippen LogP contribution >= 0.6 is 0 Å². The van der Waals surface area contributed by atoms with Gasteiger partial charge in [-0.1, -0.05) is 18.2 Å². The number of likely N-dealkylation sites (tertiary alicyclic amines) is 1. The molecule has 118 valence electrons. The Labute approximate surface area is 119 Å². The quantitative estimate of drug-likeness (QED) is 0.664. The summed E-state index contributed by atoms with van der Waals surface area (Å²) < 4.78 is 64.2. The van der Waals surface area contributed by atoms with Crippen LogP contribution in [0.15, 0.2) is 24.3 Å². The molecule has 0 bridgehead atoms. The van der Waals surface area contributed by atoms with Crippen molar-refractivity contribution in [2.45, 2.75) is 25.1 Å². The van der Waals surface area contributed by atoms with Crippen LogP contribution in [0.25, 0.3) is 0 Å². The van der Waals surface area contributed by atoms with E-state index in [4.69, 9.17) is 0 Å². The van der Waals surface area contributed by atoms with E-state index in [1.165, 1.54) is 12.1 Å². The standard InChI is InChI=1S/C14H17F5N2/c15-13(16)5-7-21(10-13)8-6-20-9-11-3-1-2-4-12(11)14(17,18)19/h1-4,20H,5-10H2. The van der Waals surface area contributed by atoms with Crippen LogP contribution in [0.3, 0.4) is 0 Å². The van der Waals surface area contributed by atoms with E-state index in [1.807, 2.05) is 0 Å². The van der Waals surface area contributed by atoms with E-state index in [-0.39, 0.29) is 25.1 Å². The van der Waals surface area contributed by atoms with Gasteiger partial charge in [-0.15, -0.1) is 0 Å². The molecule has 0 aromatic heterocycles. The first-order valence-electron chi connectivity index (χ1n) is 6.74. The van der Waals surface area contributed by atoms with Crippen molar-refractivity contribution in [1.29, 1.82) is 0 Å². The number of nitrogens with zero attached hydrogens (tertiary/aromatic N) is 1. The molecule has 1 heterocycles. The largest absolute Gasteiger partial charge is 0.416 e. The molecule has 0 unspecified atom stereocenters. The molecule has 1 aliphatic heterocycles. The zero-order valence-electron chi connectivity index (χ0n) is 11.4. The van der Waals surface area contributed by atoms with Gasteiger partial charge in [0.05, 0.1) is 12.1 Å². The van der Waals surface area contributed by atoms with Gasteiger partial charge in [0.25, 0.3) is 5.92 Å².